The molecule has 1 heterocycles. The number of ether oxygens (including phenoxy) is 2. The first-order valence-corrected chi connectivity index (χ1v) is 12.0. The summed E-state index contributed by atoms with van der Waals surface area (Å²) in [4.78, 5) is 4.81. The predicted molar refractivity (Wildman–Crippen MR) is 148 cm³/mol. The van der Waals surface area contributed by atoms with Gasteiger partial charge in [0.2, 0.25) is 0 Å². The molecule has 0 aliphatic heterocycles. The number of methoxy groups -OCH3 is 1. The van der Waals surface area contributed by atoms with E-state index < -0.39 is 0 Å². The molecular weight excluding hydrogens is 444 g/mol. The molecule has 178 valence electrons. The normalized spacial score (nSPS) is 11.1. The van der Waals surface area contributed by atoms with Gasteiger partial charge in [-0.05, 0) is 60.5 Å². The van der Waals surface area contributed by atoms with Gasteiger partial charge < -0.3 is 14.0 Å². The number of rotatable bonds is 8. The maximum Gasteiger partial charge on any atom is 0.121 e. The minimum atomic E-state index is 0.637. The van der Waals surface area contributed by atoms with Crippen molar-refractivity contribution >= 4 is 11.9 Å². The Morgan fingerprint density at radius 3 is 2.08 bits per heavy atom. The fourth-order valence-electron chi connectivity index (χ4n) is 4.30. The number of nitrogens with zero attached hydrogens (tertiary/aromatic N) is 2. The summed E-state index contributed by atoms with van der Waals surface area (Å²) < 4.78 is 13.4. The number of hydrogen-bond acceptors (Lipinski definition) is 3. The smallest absolute Gasteiger partial charge is 0.121 e. The minimum absolute atomic E-state index is 0.637. The van der Waals surface area contributed by atoms with Crippen LogP contribution in [0.25, 0.3) is 28.2 Å². The minimum Gasteiger partial charge on any atom is -0.497 e. The first-order chi connectivity index (χ1) is 17.8. The van der Waals surface area contributed by atoms with E-state index in [1.807, 2.05) is 61.7 Å². The maximum atomic E-state index is 5.70. The van der Waals surface area contributed by atoms with E-state index in [2.05, 4.69) is 71.3 Å². The molecule has 0 aliphatic rings. The van der Waals surface area contributed by atoms with Crippen molar-refractivity contribution in [1.82, 2.24) is 4.57 Å². The zero-order chi connectivity index (χ0) is 24.7. The molecule has 0 atom stereocenters. The Balaban J connectivity index is 1.72. The van der Waals surface area contributed by atoms with Gasteiger partial charge in [0.25, 0.3) is 0 Å². The van der Waals surface area contributed by atoms with Crippen molar-refractivity contribution in [2.45, 2.75) is 6.92 Å². The second-order valence-corrected chi connectivity index (χ2v) is 8.29. The summed E-state index contributed by atoms with van der Waals surface area (Å²) >= 11 is 0. The van der Waals surface area contributed by atoms with Crippen LogP contribution in [0.15, 0.2) is 120 Å². The Morgan fingerprint density at radius 1 is 0.722 bits per heavy atom. The molecule has 0 fully saturated rings. The van der Waals surface area contributed by atoms with Crippen molar-refractivity contribution in [2.24, 2.45) is 4.99 Å². The standard InChI is InChI=1S/C32H28N2O2/c1-3-36-29-19-17-28(18-20-29)34-31(24-11-6-4-7-12-24)21-26(32(34)25-13-8-5-9-14-25)23-33-27-15-10-16-30(22-27)35-2/h4-23H,3H2,1-2H3. The van der Waals surface area contributed by atoms with Crippen molar-refractivity contribution in [3.8, 4) is 39.7 Å². The molecule has 0 bridgehead atoms. The number of aromatic nitrogens is 1. The molecule has 0 unspecified atom stereocenters. The Labute approximate surface area is 212 Å². The summed E-state index contributed by atoms with van der Waals surface area (Å²) in [6.45, 7) is 2.63. The highest BCUT2D eigenvalue weighted by Gasteiger charge is 2.18. The summed E-state index contributed by atoms with van der Waals surface area (Å²) in [5.74, 6) is 1.64. The average Bonchev–Trinajstić information content (AvgIpc) is 3.33. The molecule has 0 amide bonds. The van der Waals surface area contributed by atoms with Crippen LogP contribution in [-0.2, 0) is 0 Å². The molecule has 5 rings (SSSR count). The first-order valence-electron chi connectivity index (χ1n) is 12.0. The van der Waals surface area contributed by atoms with Gasteiger partial charge in [0.05, 0.1) is 30.8 Å². The number of benzene rings is 4. The highest BCUT2D eigenvalue weighted by Crippen LogP contribution is 2.36. The van der Waals surface area contributed by atoms with Gasteiger partial charge in [0.1, 0.15) is 11.5 Å². The number of aliphatic imine (C=N–C) groups is 1. The molecule has 36 heavy (non-hydrogen) atoms. The van der Waals surface area contributed by atoms with Gasteiger partial charge in [0.15, 0.2) is 0 Å². The van der Waals surface area contributed by atoms with Crippen molar-refractivity contribution < 1.29 is 9.47 Å². The van der Waals surface area contributed by atoms with Crippen LogP contribution in [0.1, 0.15) is 12.5 Å². The quantitative estimate of drug-likeness (QED) is 0.215. The van der Waals surface area contributed by atoms with Gasteiger partial charge >= 0.3 is 0 Å². The molecule has 0 saturated carbocycles. The highest BCUT2D eigenvalue weighted by atomic mass is 16.5. The Morgan fingerprint density at radius 2 is 1.42 bits per heavy atom. The molecule has 0 aliphatic carbocycles. The van der Waals surface area contributed by atoms with E-state index in [9.17, 15) is 0 Å². The van der Waals surface area contributed by atoms with E-state index in [0.717, 1.165) is 51.0 Å². The summed E-state index contributed by atoms with van der Waals surface area (Å²) in [5, 5.41) is 0. The van der Waals surface area contributed by atoms with E-state index >= 15 is 0 Å². The monoisotopic (exact) mass is 472 g/mol. The summed E-state index contributed by atoms with van der Waals surface area (Å²) in [5.41, 5.74) is 7.32. The molecule has 0 radical (unpaired) electrons. The molecule has 0 spiro atoms. The van der Waals surface area contributed by atoms with Gasteiger partial charge in [-0.3, -0.25) is 4.99 Å². The van der Waals surface area contributed by atoms with Gasteiger partial charge in [-0.25, -0.2) is 0 Å². The molecule has 5 aromatic rings. The average molecular weight is 473 g/mol. The van der Waals surface area contributed by atoms with Gasteiger partial charge in [-0.2, -0.15) is 0 Å². The summed E-state index contributed by atoms with van der Waals surface area (Å²) in [6, 6.07) is 39.1. The van der Waals surface area contributed by atoms with Crippen molar-refractivity contribution in [3.63, 3.8) is 0 Å². The third-order valence-electron chi connectivity index (χ3n) is 5.96. The maximum absolute atomic E-state index is 5.70. The molecule has 0 saturated heterocycles. The van der Waals surface area contributed by atoms with Crippen LogP contribution in [0, 0.1) is 0 Å². The number of hydrogen-bond donors (Lipinski definition) is 0. The lowest BCUT2D eigenvalue weighted by Gasteiger charge is -2.15. The van der Waals surface area contributed by atoms with E-state index in [-0.39, 0.29) is 0 Å². The van der Waals surface area contributed by atoms with Crippen LogP contribution in [0.3, 0.4) is 0 Å². The lowest BCUT2D eigenvalue weighted by atomic mass is 10.1. The zero-order valence-corrected chi connectivity index (χ0v) is 20.5. The summed E-state index contributed by atoms with van der Waals surface area (Å²) in [7, 11) is 1.67. The van der Waals surface area contributed by atoms with Crippen LogP contribution < -0.4 is 9.47 Å². The van der Waals surface area contributed by atoms with Crippen LogP contribution in [-0.4, -0.2) is 24.5 Å². The second kappa shape index (κ2) is 10.8. The topological polar surface area (TPSA) is 35.8 Å². The third kappa shape index (κ3) is 4.93. The van der Waals surface area contributed by atoms with E-state index in [0.29, 0.717) is 6.61 Å². The largest absolute Gasteiger partial charge is 0.497 e. The molecule has 4 aromatic carbocycles. The van der Waals surface area contributed by atoms with Crippen molar-refractivity contribution in [2.75, 3.05) is 13.7 Å². The first kappa shape index (κ1) is 23.2. The summed E-state index contributed by atoms with van der Waals surface area (Å²) in [6.07, 6.45) is 1.94. The van der Waals surface area contributed by atoms with Gasteiger partial charge in [-0.15, -0.1) is 0 Å². The molecule has 4 heteroatoms. The van der Waals surface area contributed by atoms with Crippen LogP contribution >= 0.6 is 0 Å². The van der Waals surface area contributed by atoms with Gasteiger partial charge in [0, 0.05) is 23.5 Å². The lowest BCUT2D eigenvalue weighted by Crippen LogP contribution is -2.01. The van der Waals surface area contributed by atoms with Gasteiger partial charge in [-0.1, -0.05) is 66.7 Å². The Hall–Kier alpha value is -4.57. The molecular formula is C32H28N2O2. The van der Waals surface area contributed by atoms with Crippen LogP contribution in [0.5, 0.6) is 11.5 Å². The van der Waals surface area contributed by atoms with E-state index in [4.69, 9.17) is 14.5 Å². The Kier molecular flexibility index (Phi) is 6.95. The van der Waals surface area contributed by atoms with Crippen LogP contribution in [0.2, 0.25) is 0 Å². The molecule has 4 nitrogen and oxygen atoms in total. The van der Waals surface area contributed by atoms with Crippen molar-refractivity contribution in [3.05, 3.63) is 121 Å². The zero-order valence-electron chi connectivity index (χ0n) is 20.5. The van der Waals surface area contributed by atoms with E-state index in [1.54, 1.807) is 7.11 Å². The second-order valence-electron chi connectivity index (χ2n) is 8.29. The fourth-order valence-corrected chi connectivity index (χ4v) is 4.30. The third-order valence-corrected chi connectivity index (χ3v) is 5.96. The Bertz CT molecular complexity index is 1450. The highest BCUT2D eigenvalue weighted by molar-refractivity contribution is 5.94. The lowest BCUT2D eigenvalue weighted by molar-refractivity contribution is 0.340. The molecule has 0 N–H and O–H groups in total. The van der Waals surface area contributed by atoms with Crippen LogP contribution in [0.4, 0.5) is 5.69 Å². The predicted octanol–water partition coefficient (Wildman–Crippen LogP) is 7.97. The van der Waals surface area contributed by atoms with Crippen molar-refractivity contribution in [1.29, 1.82) is 0 Å². The fraction of sp³-hybridized carbons (Fsp3) is 0.0938. The molecule has 1 aromatic heterocycles. The SMILES string of the molecule is CCOc1ccc(-n2c(-c3ccccc3)cc(C=Nc3cccc(OC)c3)c2-c2ccccc2)cc1. The van der Waals surface area contributed by atoms with E-state index in [1.165, 1.54) is 0 Å².